The average molecular weight is 425 g/mol. The molecule has 2 aromatic heterocycles. The van der Waals surface area contributed by atoms with Gasteiger partial charge in [0.2, 0.25) is 5.95 Å². The molecule has 156 valence electrons. The summed E-state index contributed by atoms with van der Waals surface area (Å²) >= 11 is -2.25. The normalized spacial score (nSPS) is 19.9. The molecule has 0 bridgehead atoms. The molecular weight excluding hydrogens is 402 g/mol. The SMILES string of the molecule is CN=C1NNc2cc3cnc(Nc4ccc(S(=O)[O-])cc4)nc3n2C12CCCCC2. The number of nitrogens with zero attached hydrogens (tertiary/aromatic N) is 4. The summed E-state index contributed by atoms with van der Waals surface area (Å²) in [5, 5.41) is 4.12. The van der Waals surface area contributed by atoms with Crippen molar-refractivity contribution >= 4 is 45.4 Å². The Morgan fingerprint density at radius 2 is 1.97 bits per heavy atom. The number of amidine groups is 1. The van der Waals surface area contributed by atoms with Crippen molar-refractivity contribution in [3.05, 3.63) is 36.5 Å². The van der Waals surface area contributed by atoms with Crippen LogP contribution >= 0.6 is 0 Å². The summed E-state index contributed by atoms with van der Waals surface area (Å²) < 4.78 is 24.4. The molecule has 1 aliphatic heterocycles. The standard InChI is InChI=1S/C20H23N7O2S/c1-21-18-20(9-3-2-4-10-20)27-16(25-26-18)11-13-12-22-19(24-17(13)27)23-14-5-7-15(8-6-14)30(28)29/h5-8,11-12,25H,2-4,9-10H2,1H3,(H,21,26)(H,28,29)(H,22,23,24)/p-1. The van der Waals surface area contributed by atoms with Gasteiger partial charge in [-0.15, -0.1) is 0 Å². The first-order chi connectivity index (χ1) is 14.6. The molecule has 0 amide bonds. The van der Waals surface area contributed by atoms with Crippen LogP contribution in [0, 0.1) is 0 Å². The number of hydrogen-bond donors (Lipinski definition) is 3. The highest BCUT2D eigenvalue weighted by Crippen LogP contribution is 2.42. The molecule has 1 unspecified atom stereocenters. The summed E-state index contributed by atoms with van der Waals surface area (Å²) in [6.45, 7) is 0. The average Bonchev–Trinajstić information content (AvgIpc) is 3.14. The second-order valence-electron chi connectivity index (χ2n) is 7.64. The van der Waals surface area contributed by atoms with E-state index in [4.69, 9.17) is 4.98 Å². The number of benzene rings is 1. The molecule has 1 saturated carbocycles. The quantitative estimate of drug-likeness (QED) is 0.553. The van der Waals surface area contributed by atoms with Gasteiger partial charge in [0.1, 0.15) is 22.8 Å². The summed E-state index contributed by atoms with van der Waals surface area (Å²) in [7, 11) is 1.82. The van der Waals surface area contributed by atoms with Crippen molar-refractivity contribution in [3.8, 4) is 0 Å². The van der Waals surface area contributed by atoms with E-state index in [9.17, 15) is 8.76 Å². The van der Waals surface area contributed by atoms with Crippen LogP contribution in [0.5, 0.6) is 0 Å². The minimum atomic E-state index is -2.25. The zero-order valence-corrected chi connectivity index (χ0v) is 17.3. The lowest BCUT2D eigenvalue weighted by Crippen LogP contribution is -2.56. The lowest BCUT2D eigenvalue weighted by molar-refractivity contribution is 0.278. The number of aliphatic imine (C=N–C) groups is 1. The number of anilines is 3. The van der Waals surface area contributed by atoms with Crippen LogP contribution < -0.4 is 16.2 Å². The van der Waals surface area contributed by atoms with Gasteiger partial charge >= 0.3 is 0 Å². The van der Waals surface area contributed by atoms with Gasteiger partial charge in [-0.1, -0.05) is 19.3 Å². The van der Waals surface area contributed by atoms with Crippen molar-refractivity contribution in [1.29, 1.82) is 0 Å². The van der Waals surface area contributed by atoms with Crippen molar-refractivity contribution in [2.45, 2.75) is 42.5 Å². The minimum absolute atomic E-state index is 0.235. The van der Waals surface area contributed by atoms with Crippen LogP contribution in [0.4, 0.5) is 17.5 Å². The molecule has 5 rings (SSSR count). The summed E-state index contributed by atoms with van der Waals surface area (Å²) in [4.78, 5) is 14.0. The van der Waals surface area contributed by atoms with Gasteiger partial charge < -0.3 is 9.87 Å². The maximum atomic E-state index is 11.1. The Labute approximate surface area is 176 Å². The highest BCUT2D eigenvalue weighted by atomic mass is 32.2. The molecule has 1 aliphatic carbocycles. The Balaban J connectivity index is 1.57. The maximum absolute atomic E-state index is 11.1. The summed E-state index contributed by atoms with van der Waals surface area (Å²) in [6, 6.07) is 8.52. The minimum Gasteiger partial charge on any atom is -0.768 e. The second-order valence-corrected chi connectivity index (χ2v) is 8.58. The number of rotatable bonds is 3. The third-order valence-corrected chi connectivity index (χ3v) is 6.58. The topological polar surface area (TPSA) is 119 Å². The highest BCUT2D eigenvalue weighted by molar-refractivity contribution is 7.79. The second kappa shape index (κ2) is 7.37. The molecule has 3 heterocycles. The van der Waals surface area contributed by atoms with E-state index in [-0.39, 0.29) is 10.4 Å². The Morgan fingerprint density at radius 3 is 2.67 bits per heavy atom. The van der Waals surface area contributed by atoms with Crippen molar-refractivity contribution in [1.82, 2.24) is 20.0 Å². The fourth-order valence-electron chi connectivity index (χ4n) is 4.56. The van der Waals surface area contributed by atoms with Gasteiger partial charge in [0.05, 0.1) is 0 Å². The molecule has 1 aromatic carbocycles. The van der Waals surface area contributed by atoms with E-state index >= 15 is 0 Å². The first kappa shape index (κ1) is 19.0. The van der Waals surface area contributed by atoms with Crippen molar-refractivity contribution in [2.24, 2.45) is 4.99 Å². The van der Waals surface area contributed by atoms with Crippen molar-refractivity contribution in [2.75, 3.05) is 17.8 Å². The van der Waals surface area contributed by atoms with Gasteiger partial charge in [0.15, 0.2) is 0 Å². The Hall–Kier alpha value is -2.98. The number of nitrogens with one attached hydrogen (secondary N) is 3. The zero-order chi connectivity index (χ0) is 20.7. The molecule has 3 aromatic rings. The zero-order valence-electron chi connectivity index (χ0n) is 16.5. The molecule has 1 fully saturated rings. The first-order valence-corrected chi connectivity index (χ1v) is 11.0. The van der Waals surface area contributed by atoms with Crippen LogP contribution in [0.3, 0.4) is 0 Å². The predicted molar refractivity (Wildman–Crippen MR) is 116 cm³/mol. The fraction of sp³-hybridized carbons (Fsp3) is 0.350. The van der Waals surface area contributed by atoms with E-state index in [0.717, 1.165) is 54.1 Å². The molecule has 3 N–H and O–H groups in total. The van der Waals surface area contributed by atoms with Crippen LogP contribution in [-0.4, -0.2) is 36.2 Å². The molecule has 2 aliphatic rings. The van der Waals surface area contributed by atoms with Gasteiger partial charge in [-0.25, -0.2) is 4.98 Å². The molecule has 10 heteroatoms. The van der Waals surface area contributed by atoms with Gasteiger partial charge in [-0.2, -0.15) is 4.98 Å². The maximum Gasteiger partial charge on any atom is 0.229 e. The van der Waals surface area contributed by atoms with E-state index in [0.29, 0.717) is 5.95 Å². The molecule has 0 radical (unpaired) electrons. The van der Waals surface area contributed by atoms with Gasteiger partial charge in [-0.3, -0.25) is 24.6 Å². The lowest BCUT2D eigenvalue weighted by atomic mass is 9.80. The van der Waals surface area contributed by atoms with E-state index in [2.05, 4.69) is 30.7 Å². The predicted octanol–water partition coefficient (Wildman–Crippen LogP) is 3.03. The largest absolute Gasteiger partial charge is 0.768 e. The third kappa shape index (κ3) is 3.03. The Kier molecular flexibility index (Phi) is 4.67. The molecule has 9 nitrogen and oxygen atoms in total. The summed E-state index contributed by atoms with van der Waals surface area (Å²) in [5.74, 6) is 2.34. The number of hydrazine groups is 1. The molecule has 0 saturated heterocycles. The van der Waals surface area contributed by atoms with Crippen LogP contribution in [-0.2, 0) is 16.6 Å². The van der Waals surface area contributed by atoms with Crippen LogP contribution in [0.2, 0.25) is 0 Å². The first-order valence-electron chi connectivity index (χ1n) is 9.95. The fourth-order valence-corrected chi connectivity index (χ4v) is 4.92. The van der Waals surface area contributed by atoms with Crippen molar-refractivity contribution < 1.29 is 8.76 Å². The molecular formula is C20H22N7O2S-. The molecule has 30 heavy (non-hydrogen) atoms. The number of hydrogen-bond acceptors (Lipinski definition) is 7. The Morgan fingerprint density at radius 1 is 1.20 bits per heavy atom. The smallest absolute Gasteiger partial charge is 0.229 e. The summed E-state index contributed by atoms with van der Waals surface area (Å²) in [5.41, 5.74) is 7.85. The highest BCUT2D eigenvalue weighted by Gasteiger charge is 2.44. The van der Waals surface area contributed by atoms with E-state index in [1.807, 2.05) is 13.1 Å². The Bertz CT molecular complexity index is 1150. The van der Waals surface area contributed by atoms with Gasteiger partial charge in [-0.05, 0) is 54.3 Å². The van der Waals surface area contributed by atoms with E-state index in [1.165, 1.54) is 6.42 Å². The number of fused-ring (bicyclic) bond motifs is 4. The molecule has 1 spiro atoms. The third-order valence-electron chi connectivity index (χ3n) is 5.93. The number of aromatic nitrogens is 3. The van der Waals surface area contributed by atoms with Crippen LogP contribution in [0.15, 0.2) is 46.4 Å². The van der Waals surface area contributed by atoms with Gasteiger partial charge in [0.25, 0.3) is 0 Å². The monoisotopic (exact) mass is 424 g/mol. The van der Waals surface area contributed by atoms with E-state index in [1.54, 1.807) is 30.5 Å². The lowest BCUT2D eigenvalue weighted by Gasteiger charge is -2.44. The van der Waals surface area contributed by atoms with Crippen molar-refractivity contribution in [3.63, 3.8) is 0 Å². The van der Waals surface area contributed by atoms with Crippen LogP contribution in [0.1, 0.15) is 32.1 Å². The van der Waals surface area contributed by atoms with Crippen LogP contribution in [0.25, 0.3) is 11.0 Å². The van der Waals surface area contributed by atoms with Gasteiger partial charge in [0, 0.05) is 29.2 Å². The van der Waals surface area contributed by atoms with E-state index < -0.39 is 11.1 Å². The summed E-state index contributed by atoms with van der Waals surface area (Å²) in [6.07, 6.45) is 7.33. The molecule has 1 atom stereocenters.